The fraction of sp³-hybridized carbons (Fsp3) is 0.364. The first kappa shape index (κ1) is 18.9. The van der Waals surface area contributed by atoms with Gasteiger partial charge in [0.05, 0.1) is 13.2 Å². The van der Waals surface area contributed by atoms with Gasteiger partial charge in [-0.2, -0.15) is 0 Å². The van der Waals surface area contributed by atoms with Crippen LogP contribution in [-0.2, 0) is 13.0 Å². The molecule has 0 fully saturated rings. The Labute approximate surface area is 151 Å². The van der Waals surface area contributed by atoms with Gasteiger partial charge in [0.15, 0.2) is 11.5 Å². The van der Waals surface area contributed by atoms with Crippen LogP contribution in [-0.4, -0.2) is 13.2 Å². The molecule has 2 aromatic rings. The fourth-order valence-corrected chi connectivity index (χ4v) is 2.64. The maximum Gasteiger partial charge on any atom is 0.164 e. The molecule has 0 radical (unpaired) electrons. The molecule has 0 spiro atoms. The van der Waals surface area contributed by atoms with Gasteiger partial charge in [-0.25, -0.2) is 0 Å². The van der Waals surface area contributed by atoms with E-state index in [1.165, 1.54) is 11.1 Å². The minimum Gasteiger partial charge on any atom is -0.490 e. The molecule has 3 nitrogen and oxygen atoms in total. The zero-order chi connectivity index (χ0) is 18.1. The third-order valence-corrected chi connectivity index (χ3v) is 3.85. The lowest BCUT2D eigenvalue weighted by molar-refractivity contribution is 0.274. The van der Waals surface area contributed by atoms with Crippen LogP contribution >= 0.6 is 0 Å². The van der Waals surface area contributed by atoms with Gasteiger partial charge in [0.25, 0.3) is 0 Å². The van der Waals surface area contributed by atoms with Crippen LogP contribution in [0, 0.1) is 6.92 Å². The van der Waals surface area contributed by atoms with E-state index in [1.54, 1.807) is 0 Å². The van der Waals surface area contributed by atoms with Crippen molar-refractivity contribution in [1.82, 2.24) is 0 Å². The van der Waals surface area contributed by atoms with Gasteiger partial charge in [0.2, 0.25) is 0 Å². The molecule has 0 saturated carbocycles. The molecule has 0 amide bonds. The lowest BCUT2D eigenvalue weighted by Crippen LogP contribution is -2.06. The fourth-order valence-electron chi connectivity index (χ4n) is 2.64. The zero-order valence-corrected chi connectivity index (χ0v) is 15.6. The highest BCUT2D eigenvalue weighted by molar-refractivity contribution is 5.52. The standard InChI is InChI=1S/C22H29NO2/c1-5-8-19-14-18(16-23-20-11-9-17(4)10-12-20)15-21(24-7-3)22(19)25-13-6-2/h5,9-12,14-15,23H,1,6-8,13,16H2,2-4H3. The second-order valence-corrected chi connectivity index (χ2v) is 6.08. The van der Waals surface area contributed by atoms with Crippen molar-refractivity contribution in [2.75, 3.05) is 18.5 Å². The minimum absolute atomic E-state index is 0.616. The first-order chi connectivity index (χ1) is 12.2. The second kappa shape index (κ2) is 9.77. The molecule has 0 saturated heterocycles. The van der Waals surface area contributed by atoms with Crippen LogP contribution in [0.25, 0.3) is 0 Å². The molecular formula is C22H29NO2. The van der Waals surface area contributed by atoms with Crippen LogP contribution in [0.2, 0.25) is 0 Å². The van der Waals surface area contributed by atoms with Crippen molar-refractivity contribution in [2.45, 2.75) is 40.2 Å². The smallest absolute Gasteiger partial charge is 0.164 e. The van der Waals surface area contributed by atoms with Crippen molar-refractivity contribution in [3.8, 4) is 11.5 Å². The van der Waals surface area contributed by atoms with E-state index in [4.69, 9.17) is 9.47 Å². The summed E-state index contributed by atoms with van der Waals surface area (Å²) in [6.07, 6.45) is 3.63. The van der Waals surface area contributed by atoms with Crippen molar-refractivity contribution < 1.29 is 9.47 Å². The monoisotopic (exact) mass is 339 g/mol. The second-order valence-electron chi connectivity index (χ2n) is 6.08. The molecule has 2 aromatic carbocycles. The van der Waals surface area contributed by atoms with Crippen LogP contribution in [0.4, 0.5) is 5.69 Å². The lowest BCUT2D eigenvalue weighted by Gasteiger charge is -2.17. The van der Waals surface area contributed by atoms with Crippen LogP contribution in [0.3, 0.4) is 0 Å². The Bertz CT molecular complexity index is 677. The van der Waals surface area contributed by atoms with Crippen molar-refractivity contribution >= 4 is 5.69 Å². The minimum atomic E-state index is 0.616. The van der Waals surface area contributed by atoms with Crippen molar-refractivity contribution in [3.63, 3.8) is 0 Å². The summed E-state index contributed by atoms with van der Waals surface area (Å²) < 4.78 is 11.8. The molecule has 25 heavy (non-hydrogen) atoms. The summed E-state index contributed by atoms with van der Waals surface area (Å²) in [4.78, 5) is 0. The number of allylic oxidation sites excluding steroid dienone is 1. The normalized spacial score (nSPS) is 10.4. The quantitative estimate of drug-likeness (QED) is 0.578. The summed E-state index contributed by atoms with van der Waals surface area (Å²) in [5.41, 5.74) is 4.66. The van der Waals surface area contributed by atoms with E-state index < -0.39 is 0 Å². The summed E-state index contributed by atoms with van der Waals surface area (Å²) in [5, 5.41) is 3.47. The largest absolute Gasteiger partial charge is 0.490 e. The molecule has 134 valence electrons. The van der Waals surface area contributed by atoms with Crippen LogP contribution in [0.1, 0.15) is 37.0 Å². The van der Waals surface area contributed by atoms with E-state index in [0.29, 0.717) is 13.2 Å². The van der Waals surface area contributed by atoms with Gasteiger partial charge in [-0.3, -0.25) is 0 Å². The van der Waals surface area contributed by atoms with Gasteiger partial charge >= 0.3 is 0 Å². The van der Waals surface area contributed by atoms with Crippen molar-refractivity contribution in [2.24, 2.45) is 0 Å². The molecular weight excluding hydrogens is 310 g/mol. The van der Waals surface area contributed by atoms with Crippen molar-refractivity contribution in [3.05, 3.63) is 65.7 Å². The van der Waals surface area contributed by atoms with E-state index in [0.717, 1.165) is 42.1 Å². The van der Waals surface area contributed by atoms with Gasteiger partial charge in [0.1, 0.15) is 0 Å². The van der Waals surface area contributed by atoms with E-state index in [2.05, 4.69) is 62.1 Å². The third kappa shape index (κ3) is 5.56. The van der Waals surface area contributed by atoms with Crippen LogP contribution in [0.15, 0.2) is 49.1 Å². The van der Waals surface area contributed by atoms with Gasteiger partial charge in [0, 0.05) is 17.8 Å². The Hall–Kier alpha value is -2.42. The highest BCUT2D eigenvalue weighted by Crippen LogP contribution is 2.34. The zero-order valence-electron chi connectivity index (χ0n) is 15.6. The molecule has 3 heteroatoms. The molecule has 1 N–H and O–H groups in total. The SMILES string of the molecule is C=CCc1cc(CNc2ccc(C)cc2)cc(OCC)c1OCCC. The summed E-state index contributed by atoms with van der Waals surface area (Å²) in [6, 6.07) is 12.7. The topological polar surface area (TPSA) is 30.5 Å². The Balaban J connectivity index is 2.24. The maximum atomic E-state index is 5.96. The summed E-state index contributed by atoms with van der Waals surface area (Å²) in [7, 11) is 0. The van der Waals surface area contributed by atoms with E-state index in [1.807, 2.05) is 13.0 Å². The van der Waals surface area contributed by atoms with E-state index in [-0.39, 0.29) is 0 Å². The Morgan fingerprint density at radius 2 is 1.84 bits per heavy atom. The third-order valence-electron chi connectivity index (χ3n) is 3.85. The Morgan fingerprint density at radius 1 is 1.08 bits per heavy atom. The summed E-state index contributed by atoms with van der Waals surface area (Å²) in [5.74, 6) is 1.67. The lowest BCUT2D eigenvalue weighted by atomic mass is 10.1. The number of rotatable bonds is 10. The molecule has 0 heterocycles. The first-order valence-corrected chi connectivity index (χ1v) is 9.00. The first-order valence-electron chi connectivity index (χ1n) is 9.00. The Kier molecular flexibility index (Phi) is 7.39. The number of nitrogens with one attached hydrogen (secondary N) is 1. The molecule has 0 atom stereocenters. The number of anilines is 1. The average molecular weight is 339 g/mol. The number of ether oxygens (including phenoxy) is 2. The predicted octanol–water partition coefficient (Wildman–Crippen LogP) is 5.52. The highest BCUT2D eigenvalue weighted by atomic mass is 16.5. The van der Waals surface area contributed by atoms with Gasteiger partial charge in [-0.05, 0) is 56.5 Å². The molecule has 0 aliphatic heterocycles. The number of aryl methyl sites for hydroxylation is 1. The van der Waals surface area contributed by atoms with Crippen LogP contribution < -0.4 is 14.8 Å². The van der Waals surface area contributed by atoms with Gasteiger partial charge in [-0.15, -0.1) is 6.58 Å². The molecule has 0 aliphatic rings. The molecule has 0 unspecified atom stereocenters. The Morgan fingerprint density at radius 3 is 2.48 bits per heavy atom. The molecule has 0 aromatic heterocycles. The summed E-state index contributed by atoms with van der Waals surface area (Å²) in [6.45, 7) is 12.1. The van der Waals surface area contributed by atoms with Gasteiger partial charge < -0.3 is 14.8 Å². The van der Waals surface area contributed by atoms with Crippen molar-refractivity contribution in [1.29, 1.82) is 0 Å². The average Bonchev–Trinajstić information content (AvgIpc) is 2.61. The number of hydrogen-bond acceptors (Lipinski definition) is 3. The summed E-state index contributed by atoms with van der Waals surface area (Å²) >= 11 is 0. The van der Waals surface area contributed by atoms with E-state index in [9.17, 15) is 0 Å². The van der Waals surface area contributed by atoms with Crippen LogP contribution in [0.5, 0.6) is 11.5 Å². The predicted molar refractivity (Wildman–Crippen MR) is 106 cm³/mol. The highest BCUT2D eigenvalue weighted by Gasteiger charge is 2.13. The molecule has 2 rings (SSSR count). The van der Waals surface area contributed by atoms with E-state index >= 15 is 0 Å². The maximum absolute atomic E-state index is 5.96. The number of benzene rings is 2. The van der Waals surface area contributed by atoms with Gasteiger partial charge in [-0.1, -0.05) is 30.7 Å². The molecule has 0 bridgehead atoms. The number of hydrogen-bond donors (Lipinski definition) is 1. The molecule has 0 aliphatic carbocycles.